The molecule has 2 aromatic rings. The third-order valence-electron chi connectivity index (χ3n) is 3.43. The minimum atomic E-state index is -0.536. The van der Waals surface area contributed by atoms with E-state index in [1.54, 1.807) is 36.2 Å². The first-order valence-corrected chi connectivity index (χ1v) is 8.17. The second kappa shape index (κ2) is 8.23. The highest BCUT2D eigenvalue weighted by atomic mass is 35.5. The van der Waals surface area contributed by atoms with Gasteiger partial charge in [0.1, 0.15) is 5.75 Å². The van der Waals surface area contributed by atoms with Crippen molar-refractivity contribution >= 4 is 29.1 Å². The number of nitrogens with zero attached hydrogens (tertiary/aromatic N) is 1. The zero-order valence-electron chi connectivity index (χ0n) is 13.1. The molecule has 0 bridgehead atoms. The number of carbonyl (C=O) groups is 1. The molecule has 0 radical (unpaired) electrons. The van der Waals surface area contributed by atoms with Crippen LogP contribution in [0.5, 0.6) is 5.75 Å². The number of hydrogen-bond donors (Lipinski definition) is 0. The number of rotatable bonds is 6. The summed E-state index contributed by atoms with van der Waals surface area (Å²) in [5.41, 5.74) is 1.02. The van der Waals surface area contributed by atoms with Crippen LogP contribution in [-0.2, 0) is 11.3 Å². The first kappa shape index (κ1) is 17.6. The molecule has 2 aromatic carbocycles. The van der Waals surface area contributed by atoms with Gasteiger partial charge in [0.05, 0.1) is 0 Å². The Balaban J connectivity index is 2.02. The summed E-state index contributed by atoms with van der Waals surface area (Å²) in [4.78, 5) is 14.2. The number of hydrogen-bond acceptors (Lipinski definition) is 2. The predicted molar refractivity (Wildman–Crippen MR) is 94.1 cm³/mol. The Bertz CT molecular complexity index is 658. The molecule has 0 aliphatic rings. The Hall–Kier alpha value is -1.71. The fourth-order valence-electron chi connectivity index (χ4n) is 2.20. The molecule has 0 saturated carbocycles. The largest absolute Gasteiger partial charge is 0.481 e. The van der Waals surface area contributed by atoms with Crippen molar-refractivity contribution in [2.75, 3.05) is 7.05 Å². The fourth-order valence-corrected chi connectivity index (χ4v) is 2.51. The van der Waals surface area contributed by atoms with E-state index in [9.17, 15) is 4.79 Å². The molecule has 0 aliphatic heterocycles. The van der Waals surface area contributed by atoms with Crippen molar-refractivity contribution in [1.82, 2.24) is 4.90 Å². The summed E-state index contributed by atoms with van der Waals surface area (Å²) in [6.07, 6.45) is 0.0433. The third-order valence-corrected chi connectivity index (χ3v) is 3.92. The van der Waals surface area contributed by atoms with Crippen LogP contribution < -0.4 is 4.74 Å². The second-order valence-corrected chi connectivity index (χ2v) is 6.17. The maximum Gasteiger partial charge on any atom is 0.263 e. The lowest BCUT2D eigenvalue weighted by Crippen LogP contribution is -2.39. The van der Waals surface area contributed by atoms with Gasteiger partial charge < -0.3 is 9.64 Å². The molecule has 0 spiro atoms. The van der Waals surface area contributed by atoms with Gasteiger partial charge in [-0.2, -0.15) is 0 Å². The van der Waals surface area contributed by atoms with Gasteiger partial charge in [0, 0.05) is 23.6 Å². The molecule has 1 amide bonds. The summed E-state index contributed by atoms with van der Waals surface area (Å²) in [7, 11) is 1.76. The molecule has 23 heavy (non-hydrogen) atoms. The van der Waals surface area contributed by atoms with Crippen LogP contribution in [0.3, 0.4) is 0 Å². The Kier molecular flexibility index (Phi) is 6.31. The van der Waals surface area contributed by atoms with Crippen molar-refractivity contribution in [1.29, 1.82) is 0 Å². The number of benzene rings is 2. The lowest BCUT2D eigenvalue weighted by Gasteiger charge is -2.24. The normalized spacial score (nSPS) is 11.8. The van der Waals surface area contributed by atoms with Crippen molar-refractivity contribution in [2.45, 2.75) is 26.0 Å². The molecule has 0 heterocycles. The number of carbonyl (C=O) groups excluding carboxylic acids is 1. The molecule has 0 saturated heterocycles. The number of likely N-dealkylation sites (N-methyl/N-ethyl adjacent to an activating group) is 1. The molecule has 1 atom stereocenters. The van der Waals surface area contributed by atoms with Crippen molar-refractivity contribution in [2.24, 2.45) is 0 Å². The number of halogens is 2. The standard InChI is InChI=1S/C18H19Cl2NO2/c1-3-17(23-16-6-4-5-15(20)11-16)18(22)21(2)12-13-7-9-14(19)10-8-13/h4-11,17H,3,12H2,1-2H3. The van der Waals surface area contributed by atoms with E-state index in [0.29, 0.717) is 28.8 Å². The summed E-state index contributed by atoms with van der Waals surface area (Å²) in [6.45, 7) is 2.43. The fraction of sp³-hybridized carbons (Fsp3) is 0.278. The van der Waals surface area contributed by atoms with E-state index in [2.05, 4.69) is 0 Å². The predicted octanol–water partition coefficient (Wildman–Crippen LogP) is 4.81. The Morgan fingerprint density at radius 1 is 1.13 bits per heavy atom. The van der Waals surface area contributed by atoms with Gasteiger partial charge in [0.25, 0.3) is 5.91 Å². The minimum Gasteiger partial charge on any atom is -0.481 e. The van der Waals surface area contributed by atoms with E-state index in [4.69, 9.17) is 27.9 Å². The summed E-state index contributed by atoms with van der Waals surface area (Å²) in [6, 6.07) is 14.5. The van der Waals surface area contributed by atoms with Crippen molar-refractivity contribution in [3.05, 3.63) is 64.1 Å². The lowest BCUT2D eigenvalue weighted by molar-refractivity contribution is -0.138. The molecule has 3 nitrogen and oxygen atoms in total. The van der Waals surface area contributed by atoms with Crippen LogP contribution in [0.1, 0.15) is 18.9 Å². The van der Waals surface area contributed by atoms with Crippen LogP contribution in [0.4, 0.5) is 0 Å². The molecule has 0 aromatic heterocycles. The molecule has 5 heteroatoms. The van der Waals surface area contributed by atoms with Gasteiger partial charge in [-0.15, -0.1) is 0 Å². The van der Waals surface area contributed by atoms with E-state index in [-0.39, 0.29) is 5.91 Å². The number of ether oxygens (including phenoxy) is 1. The zero-order chi connectivity index (χ0) is 16.8. The SMILES string of the molecule is CCC(Oc1cccc(Cl)c1)C(=O)N(C)Cc1ccc(Cl)cc1. The molecule has 122 valence electrons. The average molecular weight is 352 g/mol. The average Bonchev–Trinajstić information content (AvgIpc) is 2.54. The Labute approximate surface area is 146 Å². The van der Waals surface area contributed by atoms with Crippen LogP contribution >= 0.6 is 23.2 Å². The van der Waals surface area contributed by atoms with E-state index < -0.39 is 6.10 Å². The smallest absolute Gasteiger partial charge is 0.263 e. The summed E-state index contributed by atoms with van der Waals surface area (Å²) in [5, 5.41) is 1.26. The highest BCUT2D eigenvalue weighted by molar-refractivity contribution is 6.30. The topological polar surface area (TPSA) is 29.5 Å². The highest BCUT2D eigenvalue weighted by Gasteiger charge is 2.22. The molecule has 2 rings (SSSR count). The van der Waals surface area contributed by atoms with Gasteiger partial charge in [-0.1, -0.05) is 48.3 Å². The maximum absolute atomic E-state index is 12.6. The maximum atomic E-state index is 12.6. The van der Waals surface area contributed by atoms with Crippen molar-refractivity contribution in [3.8, 4) is 5.75 Å². The first-order valence-electron chi connectivity index (χ1n) is 7.41. The van der Waals surface area contributed by atoms with Crippen LogP contribution in [0.2, 0.25) is 10.0 Å². The van der Waals surface area contributed by atoms with Crippen LogP contribution in [0.15, 0.2) is 48.5 Å². The van der Waals surface area contributed by atoms with E-state index >= 15 is 0 Å². The van der Waals surface area contributed by atoms with Gasteiger partial charge in [-0.05, 0) is 42.3 Å². The zero-order valence-corrected chi connectivity index (χ0v) is 14.6. The van der Waals surface area contributed by atoms with Crippen LogP contribution in [-0.4, -0.2) is 24.0 Å². The Morgan fingerprint density at radius 3 is 2.43 bits per heavy atom. The van der Waals surface area contributed by atoms with Gasteiger partial charge in [-0.25, -0.2) is 0 Å². The highest BCUT2D eigenvalue weighted by Crippen LogP contribution is 2.20. The molecule has 1 unspecified atom stereocenters. The quantitative estimate of drug-likeness (QED) is 0.747. The molecule has 0 N–H and O–H groups in total. The summed E-state index contributed by atoms with van der Waals surface area (Å²) < 4.78 is 5.79. The van der Waals surface area contributed by atoms with E-state index in [1.165, 1.54) is 0 Å². The van der Waals surface area contributed by atoms with E-state index in [0.717, 1.165) is 5.56 Å². The molecule has 0 aliphatic carbocycles. The van der Waals surface area contributed by atoms with Gasteiger partial charge in [0.15, 0.2) is 6.10 Å². The summed E-state index contributed by atoms with van der Waals surface area (Å²) in [5.74, 6) is 0.528. The van der Waals surface area contributed by atoms with Crippen LogP contribution in [0, 0.1) is 0 Å². The third kappa shape index (κ3) is 5.15. The molecule has 0 fully saturated rings. The second-order valence-electron chi connectivity index (χ2n) is 5.29. The summed E-state index contributed by atoms with van der Waals surface area (Å²) >= 11 is 11.8. The van der Waals surface area contributed by atoms with Crippen molar-refractivity contribution in [3.63, 3.8) is 0 Å². The molecular weight excluding hydrogens is 333 g/mol. The monoisotopic (exact) mass is 351 g/mol. The Morgan fingerprint density at radius 2 is 1.83 bits per heavy atom. The van der Waals surface area contributed by atoms with Gasteiger partial charge in [-0.3, -0.25) is 4.79 Å². The van der Waals surface area contributed by atoms with Crippen LogP contribution in [0.25, 0.3) is 0 Å². The van der Waals surface area contributed by atoms with Gasteiger partial charge in [0.2, 0.25) is 0 Å². The first-order chi connectivity index (χ1) is 11.0. The van der Waals surface area contributed by atoms with E-state index in [1.807, 2.05) is 31.2 Å². The minimum absolute atomic E-state index is 0.0672. The molecular formula is C18H19Cl2NO2. The van der Waals surface area contributed by atoms with Gasteiger partial charge >= 0.3 is 0 Å². The van der Waals surface area contributed by atoms with Crippen molar-refractivity contribution < 1.29 is 9.53 Å². The lowest BCUT2D eigenvalue weighted by atomic mass is 10.2. The number of amides is 1.